The number of rotatable bonds is 3. The second kappa shape index (κ2) is 5.52. The Hall–Kier alpha value is -3.42. The Balaban J connectivity index is 1.95. The lowest BCUT2D eigenvalue weighted by molar-refractivity contribution is 0.144. The van der Waals surface area contributed by atoms with Crippen molar-refractivity contribution in [3.05, 3.63) is 59.4 Å². The van der Waals surface area contributed by atoms with E-state index in [-0.39, 0.29) is 11.3 Å². The van der Waals surface area contributed by atoms with Crippen molar-refractivity contribution in [2.24, 2.45) is 0 Å². The van der Waals surface area contributed by atoms with Gasteiger partial charge in [0.2, 0.25) is 0 Å². The van der Waals surface area contributed by atoms with Gasteiger partial charge in [-0.25, -0.2) is 14.5 Å². The van der Waals surface area contributed by atoms with Gasteiger partial charge in [-0.3, -0.25) is 14.9 Å². The molecule has 0 aliphatic heterocycles. The third-order valence-electron chi connectivity index (χ3n) is 2.90. The van der Waals surface area contributed by atoms with Crippen molar-refractivity contribution < 1.29 is 14.6 Å². The van der Waals surface area contributed by atoms with Crippen LogP contribution in [0.4, 0.5) is 4.79 Å². The lowest BCUT2D eigenvalue weighted by Crippen LogP contribution is -2.17. The van der Waals surface area contributed by atoms with E-state index in [2.05, 4.69) is 19.8 Å². The second-order valence-corrected chi connectivity index (χ2v) is 4.29. The lowest BCUT2D eigenvalue weighted by atomic mass is 10.2. The molecule has 0 radical (unpaired) electrons. The molecule has 0 saturated carbocycles. The average Bonchev–Trinajstić information content (AvgIpc) is 2.90. The fraction of sp³-hybridized carbons (Fsp3) is 0. The van der Waals surface area contributed by atoms with Gasteiger partial charge in [-0.05, 0) is 18.2 Å². The Labute approximate surface area is 123 Å². The molecule has 3 aromatic heterocycles. The van der Waals surface area contributed by atoms with Gasteiger partial charge in [0.05, 0.1) is 11.8 Å². The monoisotopic (exact) mass is 298 g/mol. The molecule has 22 heavy (non-hydrogen) atoms. The van der Waals surface area contributed by atoms with Gasteiger partial charge in [0.1, 0.15) is 0 Å². The zero-order valence-electron chi connectivity index (χ0n) is 11.1. The minimum absolute atomic E-state index is 0.0725. The van der Waals surface area contributed by atoms with E-state index >= 15 is 0 Å². The average molecular weight is 298 g/mol. The van der Waals surface area contributed by atoms with E-state index in [4.69, 9.17) is 5.11 Å². The van der Waals surface area contributed by atoms with Crippen molar-refractivity contribution >= 4 is 6.16 Å². The fourth-order valence-corrected chi connectivity index (χ4v) is 1.93. The first-order chi connectivity index (χ1) is 10.6. The largest absolute Gasteiger partial charge is 0.511 e. The molecule has 2 N–H and O–H groups in total. The maximum Gasteiger partial charge on any atom is 0.511 e. The Kier molecular flexibility index (Phi) is 3.40. The Morgan fingerprint density at radius 2 is 2.14 bits per heavy atom. The summed E-state index contributed by atoms with van der Waals surface area (Å²) in [6.07, 6.45) is 4.57. The standard InChI is InChI=1S/C14H10N4O4/c19-13-11(9-2-1-5-15-6-9)8-17-18(13)12-4-3-10(7-16-12)22-14(20)21/h1-8,17H,(H,20,21). The van der Waals surface area contributed by atoms with Crippen LogP contribution in [0.25, 0.3) is 16.9 Å². The maximum atomic E-state index is 12.4. The molecule has 0 spiro atoms. The number of ether oxygens (including phenoxy) is 1. The van der Waals surface area contributed by atoms with Crippen LogP contribution in [0.2, 0.25) is 0 Å². The SMILES string of the molecule is O=C(O)Oc1ccc(-n2[nH]cc(-c3cccnc3)c2=O)nc1. The lowest BCUT2D eigenvalue weighted by Gasteiger charge is -2.02. The van der Waals surface area contributed by atoms with E-state index in [1.807, 2.05) is 0 Å². The normalized spacial score (nSPS) is 10.4. The minimum atomic E-state index is -1.43. The van der Waals surface area contributed by atoms with Gasteiger partial charge in [0.15, 0.2) is 11.6 Å². The van der Waals surface area contributed by atoms with Crippen LogP contribution in [0.1, 0.15) is 0 Å². The molecule has 8 heteroatoms. The third kappa shape index (κ3) is 2.57. The minimum Gasteiger partial charge on any atom is -0.449 e. The highest BCUT2D eigenvalue weighted by Gasteiger charge is 2.11. The van der Waals surface area contributed by atoms with Crippen molar-refractivity contribution in [2.75, 3.05) is 0 Å². The van der Waals surface area contributed by atoms with Crippen molar-refractivity contribution in [1.29, 1.82) is 0 Å². The van der Waals surface area contributed by atoms with Gasteiger partial charge < -0.3 is 9.84 Å². The molecule has 8 nitrogen and oxygen atoms in total. The molecule has 0 fully saturated rings. The van der Waals surface area contributed by atoms with Crippen molar-refractivity contribution in [3.8, 4) is 22.7 Å². The number of hydrogen-bond donors (Lipinski definition) is 2. The van der Waals surface area contributed by atoms with Gasteiger partial charge in [-0.1, -0.05) is 6.07 Å². The van der Waals surface area contributed by atoms with Gasteiger partial charge in [-0.15, -0.1) is 0 Å². The number of H-pyrrole nitrogens is 1. The van der Waals surface area contributed by atoms with Gasteiger partial charge >= 0.3 is 6.16 Å². The Morgan fingerprint density at radius 3 is 2.77 bits per heavy atom. The van der Waals surface area contributed by atoms with Gasteiger partial charge in [0.25, 0.3) is 5.56 Å². The summed E-state index contributed by atoms with van der Waals surface area (Å²) in [5.41, 5.74) is 0.862. The number of nitrogens with zero attached hydrogens (tertiary/aromatic N) is 3. The molecular formula is C14H10N4O4. The first kappa shape index (κ1) is 13.6. The van der Waals surface area contributed by atoms with E-state index < -0.39 is 6.16 Å². The van der Waals surface area contributed by atoms with Crippen LogP contribution in [0.15, 0.2) is 53.8 Å². The van der Waals surface area contributed by atoms with E-state index in [1.54, 1.807) is 30.7 Å². The highest BCUT2D eigenvalue weighted by molar-refractivity contribution is 5.61. The molecule has 0 saturated heterocycles. The summed E-state index contributed by atoms with van der Waals surface area (Å²) in [4.78, 5) is 30.8. The molecule has 110 valence electrons. The van der Waals surface area contributed by atoms with Crippen molar-refractivity contribution in [2.45, 2.75) is 0 Å². The van der Waals surface area contributed by atoms with Crippen LogP contribution in [0.3, 0.4) is 0 Å². The van der Waals surface area contributed by atoms with Gasteiger partial charge in [-0.2, -0.15) is 0 Å². The first-order valence-corrected chi connectivity index (χ1v) is 6.23. The highest BCUT2D eigenvalue weighted by atomic mass is 16.7. The van der Waals surface area contributed by atoms with Crippen LogP contribution in [0.5, 0.6) is 5.75 Å². The molecule has 3 rings (SSSR count). The number of hydrogen-bond acceptors (Lipinski definition) is 5. The molecule has 0 unspecified atom stereocenters. The molecule has 0 amide bonds. The molecule has 3 aromatic rings. The van der Waals surface area contributed by atoms with Crippen LogP contribution < -0.4 is 10.3 Å². The van der Waals surface area contributed by atoms with E-state index in [9.17, 15) is 9.59 Å². The topological polar surface area (TPSA) is 110 Å². The molecule has 0 aliphatic carbocycles. The summed E-state index contributed by atoms with van der Waals surface area (Å²) in [5.74, 6) is 0.390. The third-order valence-corrected chi connectivity index (χ3v) is 2.90. The summed E-state index contributed by atoms with van der Waals surface area (Å²) < 4.78 is 5.70. The number of nitrogens with one attached hydrogen (secondary N) is 1. The van der Waals surface area contributed by atoms with Crippen LogP contribution in [-0.2, 0) is 0 Å². The molecule has 0 aliphatic rings. The zero-order chi connectivity index (χ0) is 15.5. The van der Waals surface area contributed by atoms with Gasteiger partial charge in [0, 0.05) is 24.2 Å². The highest BCUT2D eigenvalue weighted by Crippen LogP contribution is 2.15. The second-order valence-electron chi connectivity index (χ2n) is 4.29. The van der Waals surface area contributed by atoms with Crippen LogP contribution in [-0.4, -0.2) is 31.0 Å². The summed E-state index contributed by atoms with van der Waals surface area (Å²) in [5, 5.41) is 11.3. The summed E-state index contributed by atoms with van der Waals surface area (Å²) in [6, 6.07) is 6.40. The summed E-state index contributed by atoms with van der Waals surface area (Å²) in [7, 11) is 0. The van der Waals surface area contributed by atoms with Crippen molar-refractivity contribution in [1.82, 2.24) is 19.7 Å². The smallest absolute Gasteiger partial charge is 0.449 e. The first-order valence-electron chi connectivity index (χ1n) is 6.23. The Bertz CT molecular complexity index is 853. The molecular weight excluding hydrogens is 288 g/mol. The summed E-state index contributed by atoms with van der Waals surface area (Å²) >= 11 is 0. The molecule has 3 heterocycles. The fourth-order valence-electron chi connectivity index (χ4n) is 1.93. The predicted molar refractivity (Wildman–Crippen MR) is 76.1 cm³/mol. The molecule has 0 bridgehead atoms. The van der Waals surface area contributed by atoms with Crippen molar-refractivity contribution in [3.63, 3.8) is 0 Å². The summed E-state index contributed by atoms with van der Waals surface area (Å²) in [6.45, 7) is 0. The van der Waals surface area contributed by atoms with E-state index in [1.165, 1.54) is 23.0 Å². The predicted octanol–water partition coefficient (Wildman–Crippen LogP) is 1.68. The maximum absolute atomic E-state index is 12.4. The number of aromatic amines is 1. The number of pyridine rings is 2. The number of carbonyl (C=O) groups is 1. The number of carboxylic acid groups (broad SMARTS) is 1. The van der Waals surface area contributed by atoms with E-state index in [0.717, 1.165) is 0 Å². The molecule has 0 atom stereocenters. The quantitative estimate of drug-likeness (QED) is 0.712. The Morgan fingerprint density at radius 1 is 1.27 bits per heavy atom. The molecule has 0 aromatic carbocycles. The van der Waals surface area contributed by atoms with Crippen LogP contribution >= 0.6 is 0 Å². The zero-order valence-corrected chi connectivity index (χ0v) is 11.1. The van der Waals surface area contributed by atoms with Crippen LogP contribution in [0, 0.1) is 0 Å². The number of aromatic nitrogens is 4. The van der Waals surface area contributed by atoms with E-state index in [0.29, 0.717) is 16.9 Å².